The molecule has 0 heterocycles. The van der Waals surface area contributed by atoms with Crippen LogP contribution in [0.15, 0.2) is 12.2 Å². The van der Waals surface area contributed by atoms with Crippen LogP contribution in [-0.2, 0) is 14.0 Å². The summed E-state index contributed by atoms with van der Waals surface area (Å²) in [5.41, 5.74) is 0.634. The molecule has 0 fully saturated rings. The molecule has 0 bridgehead atoms. The lowest BCUT2D eigenvalue weighted by atomic mass is 9.90. The van der Waals surface area contributed by atoms with E-state index in [1.54, 1.807) is 6.92 Å². The number of ether oxygens (including phenoxy) is 1. The van der Waals surface area contributed by atoms with Gasteiger partial charge in [-0.1, -0.05) is 52.5 Å². The Labute approximate surface area is 134 Å². The monoisotopic (exact) mass is 314 g/mol. The fraction of sp³-hybridized carbons (Fsp3) is 0.824. The van der Waals surface area contributed by atoms with Gasteiger partial charge in [0.1, 0.15) is 10.5 Å². The summed E-state index contributed by atoms with van der Waals surface area (Å²) in [6.07, 6.45) is 10.6. The standard InChI is InChI=1S/C17H34O3Si/c1-5-17(6-2,20-21)13-11-9-7-8-10-12-14-19-16(18)15(3)4/h3,5-14H2,1-2,4,21H3. The summed E-state index contributed by atoms with van der Waals surface area (Å²) in [4.78, 5) is 11.2. The van der Waals surface area contributed by atoms with Crippen LogP contribution < -0.4 is 0 Å². The Morgan fingerprint density at radius 1 is 1.05 bits per heavy atom. The predicted molar refractivity (Wildman–Crippen MR) is 92.4 cm³/mol. The zero-order valence-corrected chi connectivity index (χ0v) is 16.5. The number of rotatable bonds is 13. The second-order valence-electron chi connectivity index (χ2n) is 5.88. The van der Waals surface area contributed by atoms with Crippen LogP contribution in [-0.4, -0.2) is 28.7 Å². The van der Waals surface area contributed by atoms with Gasteiger partial charge < -0.3 is 9.16 Å². The molecule has 21 heavy (non-hydrogen) atoms. The highest BCUT2D eigenvalue weighted by Gasteiger charge is 2.23. The Bertz CT molecular complexity index is 290. The first-order valence-corrected chi connectivity index (χ1v) is 9.20. The van der Waals surface area contributed by atoms with Crippen molar-refractivity contribution in [2.24, 2.45) is 0 Å². The lowest BCUT2D eigenvalue weighted by Gasteiger charge is -2.31. The van der Waals surface area contributed by atoms with Gasteiger partial charge in [0, 0.05) is 5.57 Å². The van der Waals surface area contributed by atoms with Crippen molar-refractivity contribution in [1.29, 1.82) is 0 Å². The molecule has 0 aromatic carbocycles. The van der Waals surface area contributed by atoms with Crippen molar-refractivity contribution in [3.63, 3.8) is 0 Å². The van der Waals surface area contributed by atoms with Crippen molar-refractivity contribution in [1.82, 2.24) is 0 Å². The van der Waals surface area contributed by atoms with Gasteiger partial charge in [-0.05, 0) is 32.6 Å². The van der Waals surface area contributed by atoms with E-state index in [2.05, 4.69) is 20.4 Å². The second kappa shape index (κ2) is 12.0. The number of unbranched alkanes of at least 4 members (excludes halogenated alkanes) is 5. The Hall–Kier alpha value is -0.613. The largest absolute Gasteiger partial charge is 0.462 e. The summed E-state index contributed by atoms with van der Waals surface area (Å²) < 4.78 is 10.9. The molecule has 0 spiro atoms. The summed E-state index contributed by atoms with van der Waals surface area (Å²) in [6, 6.07) is 0. The van der Waals surface area contributed by atoms with E-state index in [9.17, 15) is 4.79 Å². The number of esters is 1. The molecule has 0 aromatic heterocycles. The van der Waals surface area contributed by atoms with Gasteiger partial charge in [-0.25, -0.2) is 4.79 Å². The van der Waals surface area contributed by atoms with Gasteiger partial charge in [0.2, 0.25) is 0 Å². The fourth-order valence-electron chi connectivity index (χ4n) is 2.54. The molecule has 0 aliphatic carbocycles. The summed E-state index contributed by atoms with van der Waals surface area (Å²) in [7, 11) is 0.835. The second-order valence-corrected chi connectivity index (χ2v) is 6.29. The third kappa shape index (κ3) is 9.09. The van der Waals surface area contributed by atoms with Crippen LogP contribution in [0.4, 0.5) is 0 Å². The van der Waals surface area contributed by atoms with Gasteiger partial charge in [-0.15, -0.1) is 0 Å². The highest BCUT2D eigenvalue weighted by molar-refractivity contribution is 5.98. The van der Waals surface area contributed by atoms with E-state index in [0.717, 1.165) is 36.2 Å². The number of hydrogen-bond acceptors (Lipinski definition) is 3. The average molecular weight is 315 g/mol. The predicted octanol–water partition coefficient (Wildman–Crippen LogP) is 3.69. The Balaban J connectivity index is 3.48. The van der Waals surface area contributed by atoms with Crippen molar-refractivity contribution in [3.8, 4) is 0 Å². The first-order valence-electron chi connectivity index (χ1n) is 8.39. The lowest BCUT2D eigenvalue weighted by Crippen LogP contribution is -2.30. The molecule has 4 heteroatoms. The average Bonchev–Trinajstić information content (AvgIpc) is 2.49. The Morgan fingerprint density at radius 2 is 1.57 bits per heavy atom. The first-order chi connectivity index (χ1) is 10.0. The van der Waals surface area contributed by atoms with Crippen LogP contribution in [0.3, 0.4) is 0 Å². The number of carbonyl (C=O) groups excluding carboxylic acids is 1. The minimum Gasteiger partial charge on any atom is -0.462 e. The zero-order valence-electron chi connectivity index (χ0n) is 14.5. The van der Waals surface area contributed by atoms with Crippen LogP contribution in [0.5, 0.6) is 0 Å². The molecule has 0 aliphatic rings. The van der Waals surface area contributed by atoms with Crippen molar-refractivity contribution in [2.75, 3.05) is 6.61 Å². The molecule has 0 aliphatic heterocycles. The molecule has 124 valence electrons. The molecule has 0 aromatic rings. The summed E-state index contributed by atoms with van der Waals surface area (Å²) in [5, 5.41) is 0. The molecule has 0 unspecified atom stereocenters. The molecule has 0 saturated heterocycles. The lowest BCUT2D eigenvalue weighted by molar-refractivity contribution is -0.139. The van der Waals surface area contributed by atoms with Crippen LogP contribution in [0.1, 0.15) is 78.6 Å². The quantitative estimate of drug-likeness (QED) is 0.225. The molecular weight excluding hydrogens is 280 g/mol. The van der Waals surface area contributed by atoms with Gasteiger partial charge in [-0.3, -0.25) is 0 Å². The van der Waals surface area contributed by atoms with E-state index in [1.165, 1.54) is 32.1 Å². The zero-order chi connectivity index (χ0) is 16.1. The maximum Gasteiger partial charge on any atom is 0.333 e. The van der Waals surface area contributed by atoms with E-state index in [0.29, 0.717) is 12.2 Å². The van der Waals surface area contributed by atoms with Gasteiger partial charge in [0.25, 0.3) is 0 Å². The first kappa shape index (κ1) is 20.4. The smallest absolute Gasteiger partial charge is 0.333 e. The maximum atomic E-state index is 11.2. The van der Waals surface area contributed by atoms with Crippen molar-refractivity contribution >= 4 is 16.5 Å². The van der Waals surface area contributed by atoms with Crippen molar-refractivity contribution in [2.45, 2.75) is 84.2 Å². The van der Waals surface area contributed by atoms with Gasteiger partial charge >= 0.3 is 5.97 Å². The Morgan fingerprint density at radius 3 is 2.05 bits per heavy atom. The normalized spacial score (nSPS) is 11.6. The molecule has 0 saturated carbocycles. The fourth-order valence-corrected chi connectivity index (χ4v) is 3.32. The third-order valence-corrected chi connectivity index (χ3v) is 5.20. The van der Waals surface area contributed by atoms with Gasteiger partial charge in [0.15, 0.2) is 0 Å². The topological polar surface area (TPSA) is 35.5 Å². The third-order valence-electron chi connectivity index (χ3n) is 4.33. The van der Waals surface area contributed by atoms with Crippen molar-refractivity contribution < 1.29 is 14.0 Å². The summed E-state index contributed by atoms with van der Waals surface area (Å²) in [5.74, 6) is -0.270. The summed E-state index contributed by atoms with van der Waals surface area (Å²) in [6.45, 7) is 10.2. The molecule has 0 radical (unpaired) electrons. The molecule has 0 amide bonds. The minimum absolute atomic E-state index is 0.156. The minimum atomic E-state index is -0.270. The maximum absolute atomic E-state index is 11.2. The molecular formula is C17H34O3Si. The van der Waals surface area contributed by atoms with E-state index in [-0.39, 0.29) is 11.6 Å². The molecule has 0 N–H and O–H groups in total. The highest BCUT2D eigenvalue weighted by atomic mass is 28.2. The van der Waals surface area contributed by atoms with Crippen LogP contribution in [0, 0.1) is 0 Å². The SMILES string of the molecule is C=C(C)C(=O)OCCCCCCCCC(CC)(CC)O[SiH3]. The van der Waals surface area contributed by atoms with Crippen LogP contribution in [0.2, 0.25) is 0 Å². The van der Waals surface area contributed by atoms with E-state index < -0.39 is 0 Å². The molecule has 3 nitrogen and oxygen atoms in total. The molecule has 0 atom stereocenters. The number of carbonyl (C=O) groups is 1. The van der Waals surface area contributed by atoms with Gasteiger partial charge in [-0.2, -0.15) is 0 Å². The highest BCUT2D eigenvalue weighted by Crippen LogP contribution is 2.26. The van der Waals surface area contributed by atoms with Crippen LogP contribution >= 0.6 is 0 Å². The van der Waals surface area contributed by atoms with E-state index in [1.807, 2.05) is 0 Å². The van der Waals surface area contributed by atoms with Crippen LogP contribution in [0.25, 0.3) is 0 Å². The van der Waals surface area contributed by atoms with E-state index >= 15 is 0 Å². The Kier molecular flexibility index (Phi) is 11.6. The van der Waals surface area contributed by atoms with Gasteiger partial charge in [0.05, 0.1) is 12.2 Å². The van der Waals surface area contributed by atoms with Crippen molar-refractivity contribution in [3.05, 3.63) is 12.2 Å². The summed E-state index contributed by atoms with van der Waals surface area (Å²) >= 11 is 0. The molecule has 0 rings (SSSR count). The van der Waals surface area contributed by atoms with E-state index in [4.69, 9.17) is 9.16 Å². The number of hydrogen-bond donors (Lipinski definition) is 0.